The van der Waals surface area contributed by atoms with Crippen molar-refractivity contribution < 1.29 is 4.42 Å². The minimum absolute atomic E-state index is 0.252. The number of rotatable bonds is 6. The lowest BCUT2D eigenvalue weighted by Gasteiger charge is -2.16. The molecule has 1 aromatic carbocycles. The molecule has 0 spiro atoms. The smallest absolute Gasteiger partial charge is 0.134 e. The van der Waals surface area contributed by atoms with Gasteiger partial charge < -0.3 is 14.6 Å². The number of nitrogens with zero attached hydrogens (tertiary/aromatic N) is 1. The van der Waals surface area contributed by atoms with E-state index in [0.717, 1.165) is 31.0 Å². The molecule has 0 aliphatic carbocycles. The SMILES string of the molecule is CCN(C)CCNC(C)c1cc2ccccc2o1. The van der Waals surface area contributed by atoms with Crippen molar-refractivity contribution in [1.82, 2.24) is 10.2 Å². The molecule has 0 radical (unpaired) electrons. The Kier molecular flexibility index (Phi) is 4.39. The normalized spacial score (nSPS) is 13.3. The highest BCUT2D eigenvalue weighted by atomic mass is 16.3. The van der Waals surface area contributed by atoms with Crippen molar-refractivity contribution in [2.24, 2.45) is 0 Å². The molecule has 1 unspecified atom stereocenters. The van der Waals surface area contributed by atoms with E-state index in [9.17, 15) is 0 Å². The molecule has 2 aromatic rings. The Morgan fingerprint density at radius 2 is 2.11 bits per heavy atom. The van der Waals surface area contributed by atoms with E-state index in [0.29, 0.717) is 0 Å². The molecule has 0 saturated carbocycles. The van der Waals surface area contributed by atoms with E-state index in [1.54, 1.807) is 0 Å². The van der Waals surface area contributed by atoms with E-state index in [4.69, 9.17) is 4.42 Å². The average molecular weight is 246 g/mol. The lowest BCUT2D eigenvalue weighted by Crippen LogP contribution is -2.30. The van der Waals surface area contributed by atoms with Gasteiger partial charge in [0.05, 0.1) is 6.04 Å². The van der Waals surface area contributed by atoms with Crippen LogP contribution in [0.2, 0.25) is 0 Å². The first-order valence-corrected chi connectivity index (χ1v) is 6.61. The van der Waals surface area contributed by atoms with Crippen molar-refractivity contribution in [1.29, 1.82) is 0 Å². The van der Waals surface area contributed by atoms with Crippen LogP contribution in [-0.2, 0) is 0 Å². The van der Waals surface area contributed by atoms with Gasteiger partial charge >= 0.3 is 0 Å². The van der Waals surface area contributed by atoms with Gasteiger partial charge in [-0.05, 0) is 32.6 Å². The zero-order chi connectivity index (χ0) is 13.0. The van der Waals surface area contributed by atoms with E-state index in [1.165, 1.54) is 5.39 Å². The Morgan fingerprint density at radius 3 is 2.83 bits per heavy atom. The van der Waals surface area contributed by atoms with E-state index >= 15 is 0 Å². The van der Waals surface area contributed by atoms with Gasteiger partial charge in [0.1, 0.15) is 11.3 Å². The van der Waals surface area contributed by atoms with Crippen molar-refractivity contribution in [2.75, 3.05) is 26.7 Å². The van der Waals surface area contributed by atoms with Gasteiger partial charge in [-0.25, -0.2) is 0 Å². The van der Waals surface area contributed by atoms with Gasteiger partial charge in [0.25, 0.3) is 0 Å². The summed E-state index contributed by atoms with van der Waals surface area (Å²) in [5, 5.41) is 4.66. The van der Waals surface area contributed by atoms with Gasteiger partial charge in [0.15, 0.2) is 0 Å². The fourth-order valence-electron chi connectivity index (χ4n) is 1.95. The summed E-state index contributed by atoms with van der Waals surface area (Å²) in [4.78, 5) is 2.29. The van der Waals surface area contributed by atoms with Crippen molar-refractivity contribution >= 4 is 11.0 Å². The van der Waals surface area contributed by atoms with Gasteiger partial charge in [-0.3, -0.25) is 0 Å². The monoisotopic (exact) mass is 246 g/mol. The Labute approximate surface area is 109 Å². The molecular weight excluding hydrogens is 224 g/mol. The largest absolute Gasteiger partial charge is 0.459 e. The summed E-state index contributed by atoms with van der Waals surface area (Å²) in [6, 6.07) is 10.5. The molecule has 0 amide bonds. The minimum Gasteiger partial charge on any atom is -0.459 e. The van der Waals surface area contributed by atoms with E-state index in [-0.39, 0.29) is 6.04 Å². The zero-order valence-corrected chi connectivity index (χ0v) is 11.4. The fourth-order valence-corrected chi connectivity index (χ4v) is 1.95. The predicted octanol–water partition coefficient (Wildman–Crippen LogP) is 3.04. The standard InChI is InChI=1S/C15H22N2O/c1-4-17(3)10-9-16-12(2)15-11-13-7-5-6-8-14(13)18-15/h5-8,11-12,16H,4,9-10H2,1-3H3. The maximum atomic E-state index is 5.84. The molecule has 0 saturated heterocycles. The van der Waals surface area contributed by atoms with Gasteiger partial charge in [-0.2, -0.15) is 0 Å². The first-order valence-electron chi connectivity index (χ1n) is 6.61. The van der Waals surface area contributed by atoms with Crippen LogP contribution in [0.5, 0.6) is 0 Å². The third-order valence-corrected chi connectivity index (χ3v) is 3.36. The lowest BCUT2D eigenvalue weighted by molar-refractivity contribution is 0.336. The van der Waals surface area contributed by atoms with Crippen LogP contribution in [0.15, 0.2) is 34.7 Å². The van der Waals surface area contributed by atoms with Crippen molar-refractivity contribution in [3.8, 4) is 0 Å². The highest BCUT2D eigenvalue weighted by Gasteiger charge is 2.10. The number of para-hydroxylation sites is 1. The first kappa shape index (κ1) is 13.1. The number of fused-ring (bicyclic) bond motifs is 1. The second-order valence-corrected chi connectivity index (χ2v) is 4.76. The Balaban J connectivity index is 1.94. The summed E-state index contributed by atoms with van der Waals surface area (Å²) in [6.07, 6.45) is 0. The number of nitrogens with one attached hydrogen (secondary N) is 1. The van der Waals surface area contributed by atoms with E-state index in [2.05, 4.69) is 43.2 Å². The molecule has 1 atom stereocenters. The topological polar surface area (TPSA) is 28.4 Å². The van der Waals surface area contributed by atoms with Crippen LogP contribution in [0.4, 0.5) is 0 Å². The zero-order valence-electron chi connectivity index (χ0n) is 11.4. The summed E-state index contributed by atoms with van der Waals surface area (Å²) >= 11 is 0. The summed E-state index contributed by atoms with van der Waals surface area (Å²) in [6.45, 7) is 7.43. The Morgan fingerprint density at radius 1 is 1.33 bits per heavy atom. The van der Waals surface area contributed by atoms with Gasteiger partial charge in [-0.15, -0.1) is 0 Å². The molecule has 1 N–H and O–H groups in total. The average Bonchev–Trinajstić information content (AvgIpc) is 2.82. The fraction of sp³-hybridized carbons (Fsp3) is 0.467. The number of furan rings is 1. The third kappa shape index (κ3) is 3.12. The molecule has 1 heterocycles. The van der Waals surface area contributed by atoms with E-state index < -0.39 is 0 Å². The molecule has 3 nitrogen and oxygen atoms in total. The molecule has 1 aromatic heterocycles. The summed E-state index contributed by atoms with van der Waals surface area (Å²) in [5.41, 5.74) is 0.965. The highest BCUT2D eigenvalue weighted by Crippen LogP contribution is 2.23. The molecule has 0 fully saturated rings. The quantitative estimate of drug-likeness (QED) is 0.849. The molecule has 0 aliphatic heterocycles. The van der Waals surface area contributed by atoms with Crippen LogP contribution in [0.3, 0.4) is 0 Å². The second kappa shape index (κ2) is 6.03. The number of benzene rings is 1. The van der Waals surface area contributed by atoms with Gasteiger partial charge in [0.2, 0.25) is 0 Å². The summed E-state index contributed by atoms with van der Waals surface area (Å²) in [7, 11) is 2.13. The van der Waals surface area contributed by atoms with Gasteiger partial charge in [-0.1, -0.05) is 25.1 Å². The van der Waals surface area contributed by atoms with Crippen LogP contribution in [0.25, 0.3) is 11.0 Å². The first-order chi connectivity index (χ1) is 8.70. The van der Waals surface area contributed by atoms with Crippen LogP contribution < -0.4 is 5.32 Å². The van der Waals surface area contributed by atoms with Crippen molar-refractivity contribution in [2.45, 2.75) is 19.9 Å². The molecule has 0 aliphatic rings. The molecule has 18 heavy (non-hydrogen) atoms. The second-order valence-electron chi connectivity index (χ2n) is 4.76. The lowest BCUT2D eigenvalue weighted by atomic mass is 10.2. The number of hydrogen-bond acceptors (Lipinski definition) is 3. The minimum atomic E-state index is 0.252. The Hall–Kier alpha value is -1.32. The molecule has 0 bridgehead atoms. The number of likely N-dealkylation sites (N-methyl/N-ethyl adjacent to an activating group) is 1. The third-order valence-electron chi connectivity index (χ3n) is 3.36. The molecule has 2 rings (SSSR count). The maximum absolute atomic E-state index is 5.84. The van der Waals surface area contributed by atoms with Crippen LogP contribution >= 0.6 is 0 Å². The van der Waals surface area contributed by atoms with E-state index in [1.807, 2.05) is 18.2 Å². The summed E-state index contributed by atoms with van der Waals surface area (Å²) in [5.74, 6) is 1.01. The van der Waals surface area contributed by atoms with Crippen LogP contribution in [-0.4, -0.2) is 31.6 Å². The van der Waals surface area contributed by atoms with Crippen LogP contribution in [0, 0.1) is 0 Å². The molecule has 3 heteroatoms. The van der Waals surface area contributed by atoms with Gasteiger partial charge in [0, 0.05) is 18.5 Å². The number of hydrogen-bond donors (Lipinski definition) is 1. The predicted molar refractivity (Wildman–Crippen MR) is 75.8 cm³/mol. The summed E-state index contributed by atoms with van der Waals surface area (Å²) < 4.78 is 5.84. The van der Waals surface area contributed by atoms with Crippen molar-refractivity contribution in [3.05, 3.63) is 36.1 Å². The maximum Gasteiger partial charge on any atom is 0.134 e. The highest BCUT2D eigenvalue weighted by molar-refractivity contribution is 5.77. The van der Waals surface area contributed by atoms with Crippen LogP contribution in [0.1, 0.15) is 25.6 Å². The van der Waals surface area contributed by atoms with Crippen molar-refractivity contribution in [3.63, 3.8) is 0 Å². The Bertz CT molecular complexity index is 459. The molecular formula is C15H22N2O. The molecule has 98 valence electrons.